The van der Waals surface area contributed by atoms with Crippen LogP contribution >= 0.6 is 0 Å². The molecule has 0 spiro atoms. The highest BCUT2D eigenvalue weighted by atomic mass is 16.5. The lowest BCUT2D eigenvalue weighted by atomic mass is 9.80. The van der Waals surface area contributed by atoms with Crippen molar-refractivity contribution in [1.82, 2.24) is 0 Å². The first-order valence-corrected chi connectivity index (χ1v) is 9.43. The van der Waals surface area contributed by atoms with Crippen molar-refractivity contribution < 1.29 is 14.3 Å². The van der Waals surface area contributed by atoms with Gasteiger partial charge in [-0.05, 0) is 40.2 Å². The quantitative estimate of drug-likeness (QED) is 0.720. The number of anilines is 2. The second kappa shape index (κ2) is 8.13. The van der Waals surface area contributed by atoms with Crippen LogP contribution < -0.4 is 20.5 Å². The molecule has 5 heteroatoms. The molecule has 2 aromatic rings. The van der Waals surface area contributed by atoms with Crippen LogP contribution in [0.25, 0.3) is 0 Å². The molecule has 28 heavy (non-hydrogen) atoms. The van der Waals surface area contributed by atoms with Gasteiger partial charge in [-0.15, -0.1) is 0 Å². The van der Waals surface area contributed by atoms with E-state index < -0.39 is 0 Å². The minimum absolute atomic E-state index is 0.0433. The largest absolute Gasteiger partial charge is 0.494 e. The summed E-state index contributed by atoms with van der Waals surface area (Å²) in [6, 6.07) is 11.3. The van der Waals surface area contributed by atoms with Gasteiger partial charge in [0.05, 0.1) is 12.8 Å². The van der Waals surface area contributed by atoms with Crippen LogP contribution in [-0.4, -0.2) is 19.6 Å². The molecule has 3 N–H and O–H groups in total. The number of hydrogen-bond acceptors (Lipinski definition) is 4. The van der Waals surface area contributed by atoms with Gasteiger partial charge in [0.25, 0.3) is 5.91 Å². The highest BCUT2D eigenvalue weighted by Crippen LogP contribution is 2.35. The molecule has 0 aliphatic carbocycles. The summed E-state index contributed by atoms with van der Waals surface area (Å²) < 4.78 is 11.1. The first-order chi connectivity index (χ1) is 12.9. The summed E-state index contributed by atoms with van der Waals surface area (Å²) in [6.07, 6.45) is 0. The van der Waals surface area contributed by atoms with E-state index in [4.69, 9.17) is 15.2 Å². The molecule has 152 valence electrons. The van der Waals surface area contributed by atoms with Crippen LogP contribution in [0.4, 0.5) is 11.4 Å². The zero-order valence-electron chi connectivity index (χ0n) is 18.0. The van der Waals surface area contributed by atoms with E-state index in [2.05, 4.69) is 59.0 Å². The van der Waals surface area contributed by atoms with Gasteiger partial charge >= 0.3 is 0 Å². The fourth-order valence-electron chi connectivity index (χ4n) is 2.85. The number of nitrogen functional groups attached to an aromatic ring is 1. The van der Waals surface area contributed by atoms with Crippen molar-refractivity contribution in [3.8, 4) is 11.5 Å². The monoisotopic (exact) mass is 384 g/mol. The molecule has 0 fully saturated rings. The van der Waals surface area contributed by atoms with Crippen molar-refractivity contribution in [2.45, 2.75) is 52.4 Å². The molecule has 2 rings (SSSR count). The van der Waals surface area contributed by atoms with Crippen LogP contribution in [0.3, 0.4) is 0 Å². The van der Waals surface area contributed by atoms with Gasteiger partial charge in [0.2, 0.25) is 0 Å². The Morgan fingerprint density at radius 2 is 1.64 bits per heavy atom. The Bertz CT molecular complexity index is 846. The van der Waals surface area contributed by atoms with Gasteiger partial charge in [-0.1, -0.05) is 53.7 Å². The second-order valence-corrected chi connectivity index (χ2v) is 9.01. The van der Waals surface area contributed by atoms with Crippen LogP contribution in [0.5, 0.6) is 11.5 Å². The van der Waals surface area contributed by atoms with Crippen molar-refractivity contribution in [3.05, 3.63) is 47.5 Å². The third kappa shape index (κ3) is 5.41. The van der Waals surface area contributed by atoms with Crippen LogP contribution in [0, 0.1) is 0 Å². The Morgan fingerprint density at radius 3 is 2.21 bits per heavy atom. The topological polar surface area (TPSA) is 73.6 Å². The van der Waals surface area contributed by atoms with Gasteiger partial charge < -0.3 is 20.5 Å². The Morgan fingerprint density at radius 1 is 0.964 bits per heavy atom. The minimum Gasteiger partial charge on any atom is -0.494 e. The Kier molecular flexibility index (Phi) is 6.27. The van der Waals surface area contributed by atoms with Crippen LogP contribution in [-0.2, 0) is 15.6 Å². The van der Waals surface area contributed by atoms with E-state index in [-0.39, 0.29) is 23.3 Å². The lowest BCUT2D eigenvalue weighted by molar-refractivity contribution is -0.118. The first-order valence-electron chi connectivity index (χ1n) is 9.43. The number of hydrogen-bond donors (Lipinski definition) is 2. The molecular formula is C23H32N2O3. The van der Waals surface area contributed by atoms with Crippen molar-refractivity contribution >= 4 is 17.3 Å². The zero-order chi connectivity index (χ0) is 21.1. The highest BCUT2D eigenvalue weighted by Gasteiger charge is 2.23. The molecule has 5 nitrogen and oxygen atoms in total. The van der Waals surface area contributed by atoms with E-state index in [1.165, 1.54) is 12.7 Å². The molecule has 0 aliphatic rings. The van der Waals surface area contributed by atoms with E-state index in [1.807, 2.05) is 6.07 Å². The summed E-state index contributed by atoms with van der Waals surface area (Å²) in [6.45, 7) is 12.9. The fourth-order valence-corrected chi connectivity index (χ4v) is 2.85. The summed E-state index contributed by atoms with van der Waals surface area (Å²) in [5.41, 5.74) is 9.14. The summed E-state index contributed by atoms with van der Waals surface area (Å²) >= 11 is 0. The normalized spacial score (nSPS) is 11.8. The molecule has 0 unspecified atom stereocenters. The van der Waals surface area contributed by atoms with Gasteiger partial charge in [0, 0.05) is 11.8 Å². The van der Waals surface area contributed by atoms with E-state index >= 15 is 0 Å². The van der Waals surface area contributed by atoms with Crippen molar-refractivity contribution in [2.24, 2.45) is 0 Å². The van der Waals surface area contributed by atoms with E-state index in [0.717, 1.165) is 11.3 Å². The molecule has 0 heterocycles. The first kappa shape index (κ1) is 21.6. The molecule has 0 radical (unpaired) electrons. The van der Waals surface area contributed by atoms with Crippen molar-refractivity contribution in [3.63, 3.8) is 0 Å². The van der Waals surface area contributed by atoms with Gasteiger partial charge in [-0.3, -0.25) is 4.79 Å². The van der Waals surface area contributed by atoms with Crippen molar-refractivity contribution in [2.75, 3.05) is 24.8 Å². The lowest BCUT2D eigenvalue weighted by Gasteiger charge is -2.27. The Hall–Kier alpha value is -2.69. The molecule has 2 aromatic carbocycles. The average molecular weight is 385 g/mol. The molecule has 0 saturated heterocycles. The number of rotatable bonds is 5. The maximum Gasteiger partial charge on any atom is 0.262 e. The number of amides is 1. The highest BCUT2D eigenvalue weighted by molar-refractivity contribution is 5.93. The number of nitrogens with two attached hydrogens (primary N) is 1. The number of nitrogens with one attached hydrogen (secondary N) is 1. The van der Waals surface area contributed by atoms with Crippen LogP contribution in [0.1, 0.15) is 52.7 Å². The molecule has 0 saturated carbocycles. The van der Waals surface area contributed by atoms with Crippen molar-refractivity contribution in [1.29, 1.82) is 0 Å². The summed E-state index contributed by atoms with van der Waals surface area (Å²) in [7, 11) is 1.54. The summed E-state index contributed by atoms with van der Waals surface area (Å²) in [5, 5.41) is 2.81. The number of benzene rings is 2. The standard InChI is InChI=1S/C23H32N2O3/c1-22(2,3)15-8-11-19(17(12-15)23(4,5)6)28-14-21(26)25-18-10-9-16(24)13-20(18)27-7/h8-13H,14,24H2,1-7H3,(H,25,26). The van der Waals surface area contributed by atoms with Gasteiger partial charge in [0.1, 0.15) is 11.5 Å². The van der Waals surface area contributed by atoms with E-state index in [0.29, 0.717) is 17.1 Å². The third-order valence-corrected chi connectivity index (χ3v) is 4.51. The average Bonchev–Trinajstić information content (AvgIpc) is 2.59. The molecule has 0 aromatic heterocycles. The van der Waals surface area contributed by atoms with Crippen LogP contribution in [0.15, 0.2) is 36.4 Å². The molecular weight excluding hydrogens is 352 g/mol. The zero-order valence-corrected chi connectivity index (χ0v) is 18.0. The predicted octanol–water partition coefficient (Wildman–Crippen LogP) is 4.89. The molecule has 0 atom stereocenters. The second-order valence-electron chi connectivity index (χ2n) is 9.01. The van der Waals surface area contributed by atoms with Gasteiger partial charge in [0.15, 0.2) is 6.61 Å². The number of carbonyl (C=O) groups is 1. The predicted molar refractivity (Wildman–Crippen MR) is 115 cm³/mol. The summed E-state index contributed by atoms with van der Waals surface area (Å²) in [4.78, 5) is 12.4. The number of methoxy groups -OCH3 is 1. The lowest BCUT2D eigenvalue weighted by Crippen LogP contribution is -2.23. The van der Waals surface area contributed by atoms with E-state index in [1.54, 1.807) is 18.2 Å². The smallest absolute Gasteiger partial charge is 0.262 e. The third-order valence-electron chi connectivity index (χ3n) is 4.51. The van der Waals surface area contributed by atoms with Gasteiger partial charge in [-0.2, -0.15) is 0 Å². The van der Waals surface area contributed by atoms with Crippen LogP contribution in [0.2, 0.25) is 0 Å². The summed E-state index contributed by atoms with van der Waals surface area (Å²) in [5.74, 6) is 0.973. The fraction of sp³-hybridized carbons (Fsp3) is 0.435. The van der Waals surface area contributed by atoms with Gasteiger partial charge in [-0.25, -0.2) is 0 Å². The SMILES string of the molecule is COc1cc(N)ccc1NC(=O)COc1ccc(C(C)(C)C)cc1C(C)(C)C. The Balaban J connectivity index is 2.17. The molecule has 0 bridgehead atoms. The maximum absolute atomic E-state index is 12.4. The minimum atomic E-state index is -0.261. The molecule has 1 amide bonds. The Labute approximate surface area is 168 Å². The number of carbonyl (C=O) groups excluding carboxylic acids is 1. The number of ether oxygens (including phenoxy) is 2. The maximum atomic E-state index is 12.4. The van der Waals surface area contributed by atoms with E-state index in [9.17, 15) is 4.79 Å². The molecule has 0 aliphatic heterocycles.